The van der Waals surface area contributed by atoms with Gasteiger partial charge >= 0.3 is 12.1 Å². The molecule has 10 heteroatoms. The monoisotopic (exact) mass is 611 g/mol. The molecule has 1 saturated carbocycles. The van der Waals surface area contributed by atoms with E-state index >= 15 is 0 Å². The van der Waals surface area contributed by atoms with E-state index in [1.807, 2.05) is 30.3 Å². The Hall–Kier alpha value is -3.66. The first-order valence-electron chi connectivity index (χ1n) is 15.9. The van der Waals surface area contributed by atoms with Crippen LogP contribution < -0.4 is 10.6 Å². The van der Waals surface area contributed by atoms with Gasteiger partial charge in [0.2, 0.25) is 11.8 Å². The summed E-state index contributed by atoms with van der Waals surface area (Å²) in [4.78, 5) is 53.7. The van der Waals surface area contributed by atoms with Crippen LogP contribution in [0.4, 0.5) is 4.79 Å². The summed E-state index contributed by atoms with van der Waals surface area (Å²) in [5.74, 6) is -1.33. The fraction of sp³-hybridized carbons (Fsp3) is 0.588. The summed E-state index contributed by atoms with van der Waals surface area (Å²) in [6.45, 7) is 7.94. The molecule has 44 heavy (non-hydrogen) atoms. The highest BCUT2D eigenvalue weighted by atomic mass is 16.6. The molecule has 1 aromatic rings. The van der Waals surface area contributed by atoms with Crippen molar-refractivity contribution in [2.75, 3.05) is 19.8 Å². The van der Waals surface area contributed by atoms with E-state index in [1.165, 1.54) is 12.5 Å². The van der Waals surface area contributed by atoms with Gasteiger partial charge in [-0.05, 0) is 43.6 Å². The number of esters is 1. The molecular formula is C34H49N3O7. The van der Waals surface area contributed by atoms with Gasteiger partial charge in [0.15, 0.2) is 0 Å². The third kappa shape index (κ3) is 11.4. The van der Waals surface area contributed by atoms with Crippen LogP contribution in [0.3, 0.4) is 0 Å². The van der Waals surface area contributed by atoms with Crippen LogP contribution in [0.1, 0.15) is 76.2 Å². The summed E-state index contributed by atoms with van der Waals surface area (Å²) >= 11 is 0. The number of likely N-dealkylation sites (tertiary alicyclic amines) is 1. The van der Waals surface area contributed by atoms with E-state index in [4.69, 9.17) is 9.47 Å². The SMILES string of the molecule is C=CC[C@H](CC(=O)N1CCC[C@H]1CO)C(=O)N[C@H](COC(=O)[C@@H](CC=C)NC(=O)OCc1ccccc1)CC1CCCCC1. The second-order valence-corrected chi connectivity index (χ2v) is 11.8. The van der Waals surface area contributed by atoms with Crippen molar-refractivity contribution in [1.29, 1.82) is 0 Å². The fourth-order valence-corrected chi connectivity index (χ4v) is 6.05. The van der Waals surface area contributed by atoms with E-state index in [2.05, 4.69) is 23.8 Å². The van der Waals surface area contributed by atoms with Gasteiger partial charge in [-0.3, -0.25) is 9.59 Å². The van der Waals surface area contributed by atoms with Crippen molar-refractivity contribution in [3.8, 4) is 0 Å². The zero-order valence-electron chi connectivity index (χ0n) is 25.8. The molecule has 3 amide bonds. The Balaban J connectivity index is 1.61. The Morgan fingerprint density at radius 3 is 2.36 bits per heavy atom. The molecule has 1 aliphatic carbocycles. The number of hydrogen-bond acceptors (Lipinski definition) is 7. The zero-order valence-corrected chi connectivity index (χ0v) is 25.8. The molecule has 1 aliphatic heterocycles. The fourth-order valence-electron chi connectivity index (χ4n) is 6.05. The van der Waals surface area contributed by atoms with Crippen molar-refractivity contribution >= 4 is 23.9 Å². The van der Waals surface area contributed by atoms with Gasteiger partial charge in [-0.25, -0.2) is 9.59 Å². The molecule has 4 atom stereocenters. The Morgan fingerprint density at radius 1 is 0.955 bits per heavy atom. The normalized spacial score (nSPS) is 18.8. The Morgan fingerprint density at radius 2 is 1.68 bits per heavy atom. The molecule has 0 radical (unpaired) electrons. The number of aliphatic hydroxyl groups is 1. The van der Waals surface area contributed by atoms with Crippen molar-refractivity contribution in [2.45, 2.75) is 95.4 Å². The summed E-state index contributed by atoms with van der Waals surface area (Å²) in [5.41, 5.74) is 0.817. The minimum absolute atomic E-state index is 0.0146. The highest BCUT2D eigenvalue weighted by molar-refractivity contribution is 5.86. The van der Waals surface area contributed by atoms with Crippen LogP contribution in [-0.2, 0) is 30.5 Å². The maximum atomic E-state index is 13.5. The summed E-state index contributed by atoms with van der Waals surface area (Å²) in [6.07, 6.45) is 10.6. The smallest absolute Gasteiger partial charge is 0.408 e. The lowest BCUT2D eigenvalue weighted by atomic mass is 9.84. The van der Waals surface area contributed by atoms with Gasteiger partial charge in [0.1, 0.15) is 19.3 Å². The minimum atomic E-state index is -0.993. The van der Waals surface area contributed by atoms with Gasteiger partial charge in [0.05, 0.1) is 24.6 Å². The van der Waals surface area contributed by atoms with E-state index < -0.39 is 30.1 Å². The van der Waals surface area contributed by atoms with Crippen LogP contribution >= 0.6 is 0 Å². The summed E-state index contributed by atoms with van der Waals surface area (Å²) in [5, 5.41) is 15.3. The van der Waals surface area contributed by atoms with Gasteiger partial charge in [-0.2, -0.15) is 0 Å². The summed E-state index contributed by atoms with van der Waals surface area (Å²) < 4.78 is 10.9. The van der Waals surface area contributed by atoms with E-state index in [0.717, 1.165) is 44.1 Å². The third-order valence-electron chi connectivity index (χ3n) is 8.46. The molecule has 0 bridgehead atoms. The number of ether oxygens (including phenoxy) is 2. The molecule has 1 heterocycles. The number of rotatable bonds is 17. The predicted octanol–water partition coefficient (Wildman–Crippen LogP) is 4.42. The number of carbonyl (C=O) groups excluding carboxylic acids is 4. The lowest BCUT2D eigenvalue weighted by molar-refractivity contribution is -0.147. The van der Waals surface area contributed by atoms with Crippen molar-refractivity contribution < 1.29 is 33.8 Å². The molecule has 3 N–H and O–H groups in total. The predicted molar refractivity (Wildman–Crippen MR) is 167 cm³/mol. The zero-order chi connectivity index (χ0) is 31.7. The Kier molecular flexibility index (Phi) is 14.9. The first kappa shape index (κ1) is 34.8. The second kappa shape index (κ2) is 18.9. The maximum absolute atomic E-state index is 13.5. The van der Waals surface area contributed by atoms with Crippen molar-refractivity contribution in [2.24, 2.45) is 11.8 Å². The van der Waals surface area contributed by atoms with Gasteiger partial charge in [0, 0.05) is 13.0 Å². The number of carbonyl (C=O) groups is 4. The van der Waals surface area contributed by atoms with Gasteiger partial charge in [-0.1, -0.05) is 74.6 Å². The van der Waals surface area contributed by atoms with Crippen molar-refractivity contribution in [3.63, 3.8) is 0 Å². The molecule has 242 valence electrons. The highest BCUT2D eigenvalue weighted by Gasteiger charge is 2.32. The average Bonchev–Trinajstić information content (AvgIpc) is 3.52. The van der Waals surface area contributed by atoms with Gasteiger partial charge < -0.3 is 30.1 Å². The topological polar surface area (TPSA) is 134 Å². The molecule has 0 unspecified atom stereocenters. The number of nitrogens with one attached hydrogen (secondary N) is 2. The standard InChI is InChI=1S/C34H49N3O7/c1-3-12-27(21-31(39)37-19-11-18-29(37)22-38)32(40)35-28(20-25-14-7-5-8-15-25)24-43-33(41)30(13-4-2)36-34(42)44-23-26-16-9-6-10-17-26/h3-4,6,9-10,16-17,25,27-30,38H,1-2,5,7-8,11-15,18-24H2,(H,35,40)(H,36,42)/t27-,28+,29+,30-/m1/s1. The molecule has 2 fully saturated rings. The van der Waals surface area contributed by atoms with E-state index in [1.54, 1.807) is 11.0 Å². The largest absolute Gasteiger partial charge is 0.462 e. The second-order valence-electron chi connectivity index (χ2n) is 11.8. The highest BCUT2D eigenvalue weighted by Crippen LogP contribution is 2.28. The van der Waals surface area contributed by atoms with Crippen LogP contribution in [0.25, 0.3) is 0 Å². The quantitative estimate of drug-likeness (QED) is 0.175. The van der Waals surface area contributed by atoms with Gasteiger partial charge in [0.25, 0.3) is 0 Å². The number of amides is 3. The van der Waals surface area contributed by atoms with Crippen LogP contribution in [0.2, 0.25) is 0 Å². The van der Waals surface area contributed by atoms with Crippen molar-refractivity contribution in [3.05, 3.63) is 61.2 Å². The molecule has 2 aliphatic rings. The summed E-state index contributed by atoms with van der Waals surface area (Å²) in [6, 6.07) is 7.56. The van der Waals surface area contributed by atoms with Crippen LogP contribution in [0.5, 0.6) is 0 Å². The molecule has 0 spiro atoms. The first-order chi connectivity index (χ1) is 21.3. The third-order valence-corrected chi connectivity index (χ3v) is 8.46. The van der Waals surface area contributed by atoms with Crippen LogP contribution in [0.15, 0.2) is 55.6 Å². The van der Waals surface area contributed by atoms with E-state index in [0.29, 0.717) is 25.3 Å². The maximum Gasteiger partial charge on any atom is 0.408 e. The number of allylic oxidation sites excluding steroid dienone is 1. The van der Waals surface area contributed by atoms with Crippen molar-refractivity contribution in [1.82, 2.24) is 15.5 Å². The molecular weight excluding hydrogens is 562 g/mol. The van der Waals surface area contributed by atoms with Gasteiger partial charge in [-0.15, -0.1) is 13.2 Å². The molecule has 0 aromatic heterocycles. The molecule has 1 saturated heterocycles. The molecule has 1 aromatic carbocycles. The number of nitrogens with zero attached hydrogens (tertiary/aromatic N) is 1. The van der Waals surface area contributed by atoms with Crippen LogP contribution in [-0.4, -0.2) is 71.8 Å². The first-order valence-corrected chi connectivity index (χ1v) is 15.9. The molecule has 3 rings (SSSR count). The number of aliphatic hydroxyl groups excluding tert-OH is 1. The molecule has 10 nitrogen and oxygen atoms in total. The lowest BCUT2D eigenvalue weighted by Crippen LogP contribution is -2.47. The average molecular weight is 612 g/mol. The van der Waals surface area contributed by atoms with Crippen LogP contribution in [0, 0.1) is 11.8 Å². The van der Waals surface area contributed by atoms with E-state index in [-0.39, 0.29) is 50.5 Å². The lowest BCUT2D eigenvalue weighted by Gasteiger charge is -2.29. The van der Waals surface area contributed by atoms with E-state index in [9.17, 15) is 24.3 Å². The number of benzene rings is 1. The number of alkyl carbamates (subject to hydrolysis) is 1. The Labute approximate surface area is 261 Å². The Bertz CT molecular complexity index is 1090. The minimum Gasteiger partial charge on any atom is -0.462 e. The summed E-state index contributed by atoms with van der Waals surface area (Å²) in [7, 11) is 0. The number of hydrogen-bond donors (Lipinski definition) is 3.